The quantitative estimate of drug-likeness (QED) is 0.366. The number of halogens is 1. The van der Waals surface area contributed by atoms with Gasteiger partial charge in [0.2, 0.25) is 0 Å². The molecule has 2 aromatic rings. The molecule has 1 aliphatic carbocycles. The van der Waals surface area contributed by atoms with E-state index in [2.05, 4.69) is 43.5 Å². The predicted molar refractivity (Wildman–Crippen MR) is 90.2 cm³/mol. The molecule has 0 spiro atoms. The molecule has 0 radical (unpaired) electrons. The van der Waals surface area contributed by atoms with Crippen molar-refractivity contribution in [2.24, 2.45) is 10.9 Å². The van der Waals surface area contributed by atoms with Gasteiger partial charge in [0.25, 0.3) is 0 Å². The highest BCUT2D eigenvalue weighted by Crippen LogP contribution is 2.37. The number of rotatable bonds is 5. The maximum absolute atomic E-state index is 9.06. The van der Waals surface area contributed by atoms with E-state index in [0.717, 1.165) is 22.3 Å². The fraction of sp³-hybridized carbons (Fsp3) is 0.267. The summed E-state index contributed by atoms with van der Waals surface area (Å²) in [5, 5.41) is 14.3. The van der Waals surface area contributed by atoms with Gasteiger partial charge in [0.05, 0.1) is 12.1 Å². The number of hydrogen-bond donors (Lipinski definition) is 2. The van der Waals surface area contributed by atoms with E-state index in [0.29, 0.717) is 6.04 Å². The molecule has 1 aliphatic rings. The molecule has 0 atom stereocenters. The molecular weight excluding hydrogens is 350 g/mol. The third kappa shape index (κ3) is 3.06. The van der Waals surface area contributed by atoms with Gasteiger partial charge in [-0.05, 0) is 52.4 Å². The van der Waals surface area contributed by atoms with Gasteiger partial charge in [0.15, 0.2) is 5.84 Å². The van der Waals surface area contributed by atoms with Crippen LogP contribution in [0.25, 0.3) is 0 Å². The molecular formula is C15H16BrN3OS. The standard InChI is InChI=1S/C15H16BrN3OS/c16-12-4-1-5-13(14(12)15(17)18-20)19(10-6-7-10)9-11-3-2-8-21-11/h1-5,8,10,20H,6-7,9H2,(H2,17,18). The molecule has 4 nitrogen and oxygen atoms in total. The molecule has 0 amide bonds. The van der Waals surface area contributed by atoms with Crippen molar-refractivity contribution in [3.05, 3.63) is 50.6 Å². The van der Waals surface area contributed by atoms with Gasteiger partial charge in [-0.1, -0.05) is 17.3 Å². The van der Waals surface area contributed by atoms with Gasteiger partial charge in [-0.15, -0.1) is 11.3 Å². The summed E-state index contributed by atoms with van der Waals surface area (Å²) < 4.78 is 0.840. The Labute approximate surface area is 136 Å². The molecule has 1 heterocycles. The normalized spacial score (nSPS) is 15.2. The fourth-order valence-corrected chi connectivity index (χ4v) is 3.68. The lowest BCUT2D eigenvalue weighted by Crippen LogP contribution is -2.28. The number of nitrogens with two attached hydrogens (primary N) is 1. The van der Waals surface area contributed by atoms with Crippen LogP contribution in [-0.2, 0) is 6.54 Å². The maximum atomic E-state index is 9.06. The molecule has 110 valence electrons. The SMILES string of the molecule is N/C(=N/O)c1c(Br)cccc1N(Cc1cccs1)C1CC1. The minimum atomic E-state index is 0.134. The Morgan fingerprint density at radius 2 is 2.19 bits per heavy atom. The van der Waals surface area contributed by atoms with Crippen molar-refractivity contribution in [3.8, 4) is 0 Å². The average molecular weight is 366 g/mol. The van der Waals surface area contributed by atoms with E-state index in [-0.39, 0.29) is 5.84 Å². The van der Waals surface area contributed by atoms with Crippen molar-refractivity contribution in [3.63, 3.8) is 0 Å². The summed E-state index contributed by atoms with van der Waals surface area (Å²) >= 11 is 5.26. The lowest BCUT2D eigenvalue weighted by molar-refractivity contribution is 0.318. The van der Waals surface area contributed by atoms with Crippen LogP contribution in [0.3, 0.4) is 0 Å². The topological polar surface area (TPSA) is 61.9 Å². The summed E-state index contributed by atoms with van der Waals surface area (Å²) in [6.07, 6.45) is 2.38. The van der Waals surface area contributed by atoms with E-state index in [1.807, 2.05) is 18.2 Å². The predicted octanol–water partition coefficient (Wildman–Crippen LogP) is 3.77. The van der Waals surface area contributed by atoms with E-state index in [1.54, 1.807) is 11.3 Å². The number of oxime groups is 1. The van der Waals surface area contributed by atoms with Crippen LogP contribution in [0.2, 0.25) is 0 Å². The van der Waals surface area contributed by atoms with Crippen molar-refractivity contribution in [1.82, 2.24) is 0 Å². The largest absolute Gasteiger partial charge is 0.409 e. The van der Waals surface area contributed by atoms with Crippen LogP contribution >= 0.6 is 27.3 Å². The molecule has 3 rings (SSSR count). The van der Waals surface area contributed by atoms with Gasteiger partial charge in [-0.25, -0.2) is 0 Å². The van der Waals surface area contributed by atoms with Crippen molar-refractivity contribution in [2.75, 3.05) is 4.90 Å². The first-order valence-corrected chi connectivity index (χ1v) is 8.43. The zero-order valence-corrected chi connectivity index (χ0v) is 13.8. The van der Waals surface area contributed by atoms with E-state index in [4.69, 9.17) is 10.9 Å². The van der Waals surface area contributed by atoms with Crippen LogP contribution in [0.4, 0.5) is 5.69 Å². The number of thiophene rings is 1. The molecule has 1 aromatic carbocycles. The molecule has 0 saturated heterocycles. The second-order valence-corrected chi connectivity index (χ2v) is 6.94. The van der Waals surface area contributed by atoms with E-state index in [9.17, 15) is 0 Å². The summed E-state index contributed by atoms with van der Waals surface area (Å²) in [5.41, 5.74) is 7.64. The van der Waals surface area contributed by atoms with Gasteiger partial charge in [-0.3, -0.25) is 0 Å². The van der Waals surface area contributed by atoms with Crippen molar-refractivity contribution >= 4 is 38.8 Å². The van der Waals surface area contributed by atoms with Crippen LogP contribution in [0.15, 0.2) is 45.3 Å². The Morgan fingerprint density at radius 1 is 1.38 bits per heavy atom. The zero-order chi connectivity index (χ0) is 14.8. The van der Waals surface area contributed by atoms with Gasteiger partial charge in [-0.2, -0.15) is 0 Å². The third-order valence-electron chi connectivity index (χ3n) is 3.56. The second kappa shape index (κ2) is 6.07. The van der Waals surface area contributed by atoms with Gasteiger partial charge >= 0.3 is 0 Å². The smallest absolute Gasteiger partial charge is 0.173 e. The molecule has 1 aromatic heterocycles. The Hall–Kier alpha value is -1.53. The first-order chi connectivity index (χ1) is 10.2. The number of nitrogens with zero attached hydrogens (tertiary/aromatic N) is 2. The molecule has 1 fully saturated rings. The molecule has 3 N–H and O–H groups in total. The van der Waals surface area contributed by atoms with Gasteiger partial charge in [0, 0.05) is 21.1 Å². The first-order valence-electron chi connectivity index (χ1n) is 6.76. The minimum Gasteiger partial charge on any atom is -0.409 e. The molecule has 0 aliphatic heterocycles. The van der Waals surface area contributed by atoms with E-state index in [1.165, 1.54) is 17.7 Å². The highest BCUT2D eigenvalue weighted by molar-refractivity contribution is 9.10. The Kier molecular flexibility index (Phi) is 4.17. The Morgan fingerprint density at radius 3 is 2.81 bits per heavy atom. The monoisotopic (exact) mass is 365 g/mol. The lowest BCUT2D eigenvalue weighted by Gasteiger charge is -2.27. The number of hydrogen-bond acceptors (Lipinski definition) is 4. The average Bonchev–Trinajstić information content (AvgIpc) is 3.20. The van der Waals surface area contributed by atoms with Gasteiger partial charge < -0.3 is 15.8 Å². The number of amidine groups is 1. The van der Waals surface area contributed by atoms with Crippen LogP contribution in [-0.4, -0.2) is 17.1 Å². The second-order valence-electron chi connectivity index (χ2n) is 5.06. The number of benzene rings is 1. The summed E-state index contributed by atoms with van der Waals surface area (Å²) in [6.45, 7) is 0.852. The zero-order valence-electron chi connectivity index (χ0n) is 11.4. The summed E-state index contributed by atoms with van der Waals surface area (Å²) in [4.78, 5) is 3.66. The molecule has 0 unspecified atom stereocenters. The van der Waals surface area contributed by atoms with Crippen molar-refractivity contribution < 1.29 is 5.21 Å². The molecule has 21 heavy (non-hydrogen) atoms. The Bertz CT molecular complexity index is 653. The Balaban J connectivity index is 2.01. The van der Waals surface area contributed by atoms with E-state index >= 15 is 0 Å². The molecule has 6 heteroatoms. The van der Waals surface area contributed by atoms with Crippen molar-refractivity contribution in [2.45, 2.75) is 25.4 Å². The first kappa shape index (κ1) is 14.4. The fourth-order valence-electron chi connectivity index (χ4n) is 2.42. The lowest BCUT2D eigenvalue weighted by atomic mass is 10.1. The highest BCUT2D eigenvalue weighted by Gasteiger charge is 2.31. The van der Waals surface area contributed by atoms with Crippen LogP contribution in [0.1, 0.15) is 23.3 Å². The van der Waals surface area contributed by atoms with E-state index < -0.39 is 0 Å². The summed E-state index contributed by atoms with van der Waals surface area (Å²) in [6, 6.07) is 10.7. The number of anilines is 1. The summed E-state index contributed by atoms with van der Waals surface area (Å²) in [5.74, 6) is 0.134. The summed E-state index contributed by atoms with van der Waals surface area (Å²) in [7, 11) is 0. The van der Waals surface area contributed by atoms with Crippen molar-refractivity contribution in [1.29, 1.82) is 0 Å². The molecule has 0 bridgehead atoms. The van der Waals surface area contributed by atoms with Crippen LogP contribution < -0.4 is 10.6 Å². The van der Waals surface area contributed by atoms with Crippen LogP contribution in [0.5, 0.6) is 0 Å². The van der Waals surface area contributed by atoms with Gasteiger partial charge in [0.1, 0.15) is 0 Å². The maximum Gasteiger partial charge on any atom is 0.173 e. The minimum absolute atomic E-state index is 0.134. The van der Waals surface area contributed by atoms with Crippen LogP contribution in [0, 0.1) is 0 Å². The molecule has 1 saturated carbocycles. The highest BCUT2D eigenvalue weighted by atomic mass is 79.9. The third-order valence-corrected chi connectivity index (χ3v) is 5.08.